The van der Waals surface area contributed by atoms with E-state index in [0.717, 1.165) is 61.7 Å². The third-order valence-electron chi connectivity index (χ3n) is 7.13. The molecule has 1 saturated heterocycles. The summed E-state index contributed by atoms with van der Waals surface area (Å²) in [5, 5.41) is 13.9. The van der Waals surface area contributed by atoms with Gasteiger partial charge in [0.15, 0.2) is 5.82 Å². The molecular weight excluding hydrogens is 454 g/mol. The molecule has 1 aromatic carbocycles. The lowest BCUT2D eigenvalue weighted by atomic mass is 9.98. The number of aromatic amines is 1. The van der Waals surface area contributed by atoms with Crippen LogP contribution in [-0.4, -0.2) is 74.4 Å². The van der Waals surface area contributed by atoms with E-state index < -0.39 is 0 Å². The zero-order valence-corrected chi connectivity index (χ0v) is 22.8. The number of nitrogens with zero attached hydrogens (tertiary/aromatic N) is 6. The lowest BCUT2D eigenvalue weighted by molar-refractivity contribution is 0.0265. The molecule has 0 spiro atoms. The molecule has 3 aromatic rings. The zero-order chi connectivity index (χ0) is 26.0. The van der Waals surface area contributed by atoms with Crippen molar-refractivity contribution in [3.8, 4) is 0 Å². The van der Waals surface area contributed by atoms with Crippen molar-refractivity contribution >= 4 is 10.9 Å². The average molecular weight is 496 g/mol. The topological polar surface area (TPSA) is 92.2 Å². The van der Waals surface area contributed by atoms with Crippen molar-refractivity contribution in [1.82, 2.24) is 35.0 Å². The molecule has 1 N–H and O–H groups in total. The van der Waals surface area contributed by atoms with Gasteiger partial charge in [0.25, 0.3) is 5.56 Å². The van der Waals surface area contributed by atoms with Gasteiger partial charge in [0, 0.05) is 43.8 Å². The van der Waals surface area contributed by atoms with Gasteiger partial charge < -0.3 is 9.72 Å². The van der Waals surface area contributed by atoms with E-state index in [4.69, 9.17) is 4.74 Å². The van der Waals surface area contributed by atoms with Crippen molar-refractivity contribution in [1.29, 1.82) is 0 Å². The van der Waals surface area contributed by atoms with Gasteiger partial charge in [0.05, 0.1) is 24.8 Å². The van der Waals surface area contributed by atoms with E-state index in [1.165, 1.54) is 11.1 Å². The Bertz CT molecular complexity index is 1240. The number of benzene rings is 1. The standard InChI is InChI=1S/C27H41N7O2/c1-18(2)24(25-29-30-31-34(25)27(5,6)7)33(9-8-32-10-12-36-13-11-32)17-22-16-21-14-19(3)20(4)15-23(21)28-26(22)35/h14-16,18,24H,8-13,17H2,1-7H3,(H,28,35). The first kappa shape index (κ1) is 26.4. The summed E-state index contributed by atoms with van der Waals surface area (Å²) in [6, 6.07) is 6.21. The maximum Gasteiger partial charge on any atom is 0.252 e. The largest absolute Gasteiger partial charge is 0.379 e. The van der Waals surface area contributed by atoms with Crippen LogP contribution in [0.3, 0.4) is 0 Å². The highest BCUT2D eigenvalue weighted by atomic mass is 16.5. The van der Waals surface area contributed by atoms with Crippen LogP contribution < -0.4 is 5.56 Å². The van der Waals surface area contributed by atoms with E-state index in [1.54, 1.807) is 0 Å². The molecule has 0 amide bonds. The van der Waals surface area contributed by atoms with E-state index >= 15 is 0 Å². The molecule has 36 heavy (non-hydrogen) atoms. The molecule has 0 aliphatic carbocycles. The second-order valence-electron chi connectivity index (χ2n) is 11.4. The van der Waals surface area contributed by atoms with Crippen molar-refractivity contribution in [3.05, 3.63) is 51.1 Å². The SMILES string of the molecule is Cc1cc2cc(CN(CCN3CCOCC3)C(c3nnnn3C(C)(C)C)C(C)C)c(=O)[nH]c2cc1C. The highest BCUT2D eigenvalue weighted by Gasteiger charge is 2.33. The number of fused-ring (bicyclic) bond motifs is 1. The fourth-order valence-corrected chi connectivity index (χ4v) is 5.01. The lowest BCUT2D eigenvalue weighted by Crippen LogP contribution is -2.44. The maximum absolute atomic E-state index is 13.2. The number of ether oxygens (including phenoxy) is 1. The molecule has 1 fully saturated rings. The molecule has 0 saturated carbocycles. The number of H-pyrrole nitrogens is 1. The Morgan fingerprint density at radius 3 is 2.47 bits per heavy atom. The second-order valence-corrected chi connectivity index (χ2v) is 11.4. The molecule has 3 heterocycles. The number of nitrogens with one attached hydrogen (secondary N) is 1. The Morgan fingerprint density at radius 2 is 1.81 bits per heavy atom. The minimum atomic E-state index is -0.252. The van der Waals surface area contributed by atoms with Crippen LogP contribution in [0.4, 0.5) is 0 Å². The number of aryl methyl sites for hydroxylation is 2. The van der Waals surface area contributed by atoms with Gasteiger partial charge in [0.2, 0.25) is 0 Å². The molecule has 9 nitrogen and oxygen atoms in total. The number of rotatable bonds is 8. The first-order valence-electron chi connectivity index (χ1n) is 13.0. The second kappa shape index (κ2) is 10.8. The highest BCUT2D eigenvalue weighted by Crippen LogP contribution is 2.31. The summed E-state index contributed by atoms with van der Waals surface area (Å²) in [5.41, 5.74) is 3.73. The molecule has 4 rings (SSSR count). The summed E-state index contributed by atoms with van der Waals surface area (Å²) in [6.07, 6.45) is 0. The summed E-state index contributed by atoms with van der Waals surface area (Å²) in [4.78, 5) is 21.2. The number of tetrazole rings is 1. The normalized spacial score (nSPS) is 16.4. The molecule has 1 atom stereocenters. The first-order chi connectivity index (χ1) is 17.0. The summed E-state index contributed by atoms with van der Waals surface area (Å²) in [6.45, 7) is 20.5. The van der Waals surface area contributed by atoms with Crippen LogP contribution in [0.1, 0.15) is 63.2 Å². The predicted octanol–water partition coefficient (Wildman–Crippen LogP) is 3.42. The van der Waals surface area contributed by atoms with Gasteiger partial charge in [-0.25, -0.2) is 4.68 Å². The monoisotopic (exact) mass is 495 g/mol. The first-order valence-corrected chi connectivity index (χ1v) is 13.0. The fraction of sp³-hybridized carbons (Fsp3) is 0.630. The lowest BCUT2D eigenvalue weighted by Gasteiger charge is -2.37. The van der Waals surface area contributed by atoms with Crippen LogP contribution in [0, 0.1) is 19.8 Å². The van der Waals surface area contributed by atoms with Crippen LogP contribution in [0.5, 0.6) is 0 Å². The molecule has 0 bridgehead atoms. The summed E-state index contributed by atoms with van der Waals surface area (Å²) >= 11 is 0. The number of morpholine rings is 1. The summed E-state index contributed by atoms with van der Waals surface area (Å²) < 4.78 is 7.47. The van der Waals surface area contributed by atoms with Gasteiger partial charge in [-0.1, -0.05) is 13.8 Å². The van der Waals surface area contributed by atoms with E-state index in [2.05, 4.69) is 90.9 Å². The molecular formula is C27H41N7O2. The van der Waals surface area contributed by atoms with Gasteiger partial charge >= 0.3 is 0 Å². The molecule has 1 unspecified atom stereocenters. The number of aromatic nitrogens is 5. The number of hydrogen-bond donors (Lipinski definition) is 1. The van der Waals surface area contributed by atoms with Gasteiger partial charge in [-0.2, -0.15) is 0 Å². The van der Waals surface area contributed by atoms with Crippen LogP contribution in [0.25, 0.3) is 10.9 Å². The molecule has 9 heteroatoms. The quantitative estimate of drug-likeness (QED) is 0.512. The van der Waals surface area contributed by atoms with E-state index in [9.17, 15) is 4.79 Å². The minimum absolute atomic E-state index is 0.0416. The van der Waals surface area contributed by atoms with Gasteiger partial charge in [-0.15, -0.1) is 5.10 Å². The molecule has 196 valence electrons. The summed E-state index contributed by atoms with van der Waals surface area (Å²) in [5.74, 6) is 1.08. The Morgan fingerprint density at radius 1 is 1.11 bits per heavy atom. The smallest absolute Gasteiger partial charge is 0.252 e. The number of pyridine rings is 1. The molecule has 1 aliphatic rings. The Hall–Kier alpha value is -2.62. The number of hydrogen-bond acceptors (Lipinski definition) is 7. The highest BCUT2D eigenvalue weighted by molar-refractivity contribution is 5.80. The van der Waals surface area contributed by atoms with E-state index in [-0.39, 0.29) is 23.1 Å². The average Bonchev–Trinajstić information content (AvgIpc) is 3.30. The Balaban J connectivity index is 1.72. The van der Waals surface area contributed by atoms with Crippen molar-refractivity contribution < 1.29 is 4.74 Å². The van der Waals surface area contributed by atoms with Crippen LogP contribution in [0.15, 0.2) is 23.0 Å². The van der Waals surface area contributed by atoms with Gasteiger partial charge in [-0.05, 0) is 85.7 Å². The maximum atomic E-state index is 13.2. The minimum Gasteiger partial charge on any atom is -0.379 e. The van der Waals surface area contributed by atoms with E-state index in [0.29, 0.717) is 6.54 Å². The van der Waals surface area contributed by atoms with Crippen molar-refractivity contribution in [2.45, 2.75) is 66.6 Å². The molecule has 0 radical (unpaired) electrons. The van der Waals surface area contributed by atoms with Crippen LogP contribution in [0.2, 0.25) is 0 Å². The fourth-order valence-electron chi connectivity index (χ4n) is 5.01. The van der Waals surface area contributed by atoms with Crippen molar-refractivity contribution in [2.75, 3.05) is 39.4 Å². The van der Waals surface area contributed by atoms with E-state index in [1.807, 2.05) is 10.7 Å². The zero-order valence-electron chi connectivity index (χ0n) is 22.8. The Kier molecular flexibility index (Phi) is 7.92. The van der Waals surface area contributed by atoms with Crippen LogP contribution >= 0.6 is 0 Å². The molecule has 1 aliphatic heterocycles. The third kappa shape index (κ3) is 5.85. The van der Waals surface area contributed by atoms with Crippen molar-refractivity contribution in [2.24, 2.45) is 5.92 Å². The van der Waals surface area contributed by atoms with Gasteiger partial charge in [0.1, 0.15) is 0 Å². The Labute approximate surface area is 213 Å². The summed E-state index contributed by atoms with van der Waals surface area (Å²) in [7, 11) is 0. The molecule has 2 aromatic heterocycles. The third-order valence-corrected chi connectivity index (χ3v) is 7.13. The van der Waals surface area contributed by atoms with Crippen LogP contribution in [-0.2, 0) is 16.8 Å². The van der Waals surface area contributed by atoms with Gasteiger partial charge in [-0.3, -0.25) is 14.6 Å². The van der Waals surface area contributed by atoms with Crippen molar-refractivity contribution in [3.63, 3.8) is 0 Å². The predicted molar refractivity (Wildman–Crippen MR) is 142 cm³/mol.